The highest BCUT2D eigenvalue weighted by Gasteiger charge is 2.44. The zero-order valence-electron chi connectivity index (χ0n) is 18.6. The van der Waals surface area contributed by atoms with Gasteiger partial charge in [-0.05, 0) is 31.1 Å². The van der Waals surface area contributed by atoms with Gasteiger partial charge in [-0.3, -0.25) is 8.22 Å². The molecule has 0 N–H and O–H groups in total. The van der Waals surface area contributed by atoms with Crippen molar-refractivity contribution in [1.82, 2.24) is 0 Å². The monoisotopic (exact) mass is 478 g/mol. The van der Waals surface area contributed by atoms with Crippen LogP contribution in [0.15, 0.2) is 146 Å². The van der Waals surface area contributed by atoms with Crippen molar-refractivity contribution in [3.8, 4) is 0 Å². The molecule has 0 radical (unpaired) electrons. The van der Waals surface area contributed by atoms with Crippen LogP contribution in [0.1, 0.15) is 0 Å². The third-order valence-electron chi connectivity index (χ3n) is 6.37. The third kappa shape index (κ3) is 3.85. The van der Waals surface area contributed by atoms with Gasteiger partial charge in [0.1, 0.15) is 0 Å². The fourth-order valence-corrected chi connectivity index (χ4v) is 10.5. The molecule has 0 nitrogen and oxygen atoms in total. The minimum Gasteiger partial charge on any atom is -0.296 e. The Labute approximate surface area is 201 Å². The van der Waals surface area contributed by atoms with Gasteiger partial charge in [0.2, 0.25) is 0 Å². The summed E-state index contributed by atoms with van der Waals surface area (Å²) in [5.74, 6) is 0. The van der Waals surface area contributed by atoms with Crippen LogP contribution in [0.5, 0.6) is 0 Å². The molecule has 5 aromatic carbocycles. The predicted molar refractivity (Wildman–Crippen MR) is 144 cm³/mol. The normalized spacial score (nSPS) is 11.8. The van der Waals surface area contributed by atoms with Crippen LogP contribution in [0.3, 0.4) is 0 Å². The van der Waals surface area contributed by atoms with Gasteiger partial charge in [-0.25, -0.2) is 0 Å². The molecule has 0 heterocycles. The van der Waals surface area contributed by atoms with Crippen molar-refractivity contribution in [2.75, 3.05) is 0 Å². The second kappa shape index (κ2) is 9.33. The molecule has 0 fully saturated rings. The Balaban J connectivity index is 1.66. The van der Waals surface area contributed by atoms with Crippen molar-refractivity contribution in [3.05, 3.63) is 146 Å². The predicted octanol–water partition coefficient (Wildman–Crippen LogP) is 3.56. The third-order valence-corrected chi connectivity index (χ3v) is 13.1. The molecule has 0 aliphatic carbocycles. The van der Waals surface area contributed by atoms with E-state index in [1.807, 2.05) is 121 Å². The minimum absolute atomic E-state index is 0.617. The molecule has 0 spiro atoms. The molecular formula is C30H24F2Si2. The lowest BCUT2D eigenvalue weighted by molar-refractivity contribution is 0.839. The molecule has 0 atom stereocenters. The molecule has 5 rings (SSSR count). The summed E-state index contributed by atoms with van der Waals surface area (Å²) in [6.07, 6.45) is 0. The van der Waals surface area contributed by atoms with Gasteiger partial charge in [-0.2, -0.15) is 0 Å². The summed E-state index contributed by atoms with van der Waals surface area (Å²) < 4.78 is 34.2. The molecule has 0 amide bonds. The summed E-state index contributed by atoms with van der Waals surface area (Å²) >= 11 is 0. The number of hydrogen-bond acceptors (Lipinski definition) is 0. The van der Waals surface area contributed by atoms with Gasteiger partial charge in [-0.1, -0.05) is 146 Å². The first kappa shape index (κ1) is 22.2. The highest BCUT2D eigenvalue weighted by molar-refractivity contribution is 7.08. The van der Waals surface area contributed by atoms with E-state index < -0.39 is 16.8 Å². The lowest BCUT2D eigenvalue weighted by atomic mass is 10.3. The first-order chi connectivity index (χ1) is 16.6. The second-order valence-electron chi connectivity index (χ2n) is 8.36. The van der Waals surface area contributed by atoms with E-state index in [0.29, 0.717) is 31.1 Å². The van der Waals surface area contributed by atoms with Gasteiger partial charge in [-0.15, -0.1) is 0 Å². The van der Waals surface area contributed by atoms with Crippen LogP contribution in [0.25, 0.3) is 0 Å². The largest absolute Gasteiger partial charge is 0.339 e. The summed E-state index contributed by atoms with van der Waals surface area (Å²) in [4.78, 5) is 0. The quantitative estimate of drug-likeness (QED) is 0.199. The van der Waals surface area contributed by atoms with E-state index in [0.717, 1.165) is 0 Å². The van der Waals surface area contributed by atoms with Crippen LogP contribution in [-0.4, -0.2) is 16.8 Å². The van der Waals surface area contributed by atoms with Crippen molar-refractivity contribution in [3.63, 3.8) is 0 Å². The van der Waals surface area contributed by atoms with E-state index in [4.69, 9.17) is 0 Å². The van der Waals surface area contributed by atoms with Crippen molar-refractivity contribution in [1.29, 1.82) is 0 Å². The summed E-state index contributed by atoms with van der Waals surface area (Å²) in [6.45, 7) is 0. The molecule has 0 unspecified atom stereocenters. The van der Waals surface area contributed by atoms with Crippen molar-refractivity contribution in [2.45, 2.75) is 0 Å². The molecule has 0 aliphatic heterocycles. The van der Waals surface area contributed by atoms with E-state index in [1.165, 1.54) is 0 Å². The number of benzene rings is 5. The second-order valence-corrected chi connectivity index (χ2v) is 14.5. The van der Waals surface area contributed by atoms with Gasteiger partial charge < -0.3 is 0 Å². The zero-order valence-corrected chi connectivity index (χ0v) is 20.6. The average Bonchev–Trinajstić information content (AvgIpc) is 2.94. The van der Waals surface area contributed by atoms with Crippen LogP contribution in [-0.2, 0) is 0 Å². The summed E-state index contributed by atoms with van der Waals surface area (Å²) in [5.41, 5.74) is 0. The fraction of sp³-hybridized carbons (Fsp3) is 0. The first-order valence-electron chi connectivity index (χ1n) is 11.3. The maximum Gasteiger partial charge on any atom is 0.339 e. The first-order valence-corrected chi connectivity index (χ1v) is 15.1. The topological polar surface area (TPSA) is 0 Å². The van der Waals surface area contributed by atoms with Gasteiger partial charge in [0.15, 0.2) is 0 Å². The molecule has 0 saturated carbocycles. The smallest absolute Gasteiger partial charge is 0.296 e. The lowest BCUT2D eigenvalue weighted by Crippen LogP contribution is -2.66. The zero-order chi connectivity index (χ0) is 23.4. The average molecular weight is 479 g/mol. The Morgan fingerprint density at radius 3 is 0.647 bits per heavy atom. The van der Waals surface area contributed by atoms with Gasteiger partial charge in [0, 0.05) is 0 Å². The van der Waals surface area contributed by atoms with Gasteiger partial charge in [0.05, 0.1) is 0 Å². The minimum atomic E-state index is -3.73. The van der Waals surface area contributed by atoms with E-state index in [2.05, 4.69) is 0 Å². The van der Waals surface area contributed by atoms with E-state index in [1.54, 1.807) is 24.3 Å². The Bertz CT molecular complexity index is 1150. The summed E-state index contributed by atoms with van der Waals surface area (Å²) in [5, 5.41) is 3.97. The molecule has 5 aromatic rings. The fourth-order valence-electron chi connectivity index (χ4n) is 4.60. The van der Waals surface area contributed by atoms with Crippen LogP contribution in [0.4, 0.5) is 8.22 Å². The summed E-state index contributed by atoms with van der Waals surface area (Å²) in [7, 11) is -7.45. The van der Waals surface area contributed by atoms with Crippen LogP contribution < -0.4 is 31.1 Å². The van der Waals surface area contributed by atoms with Gasteiger partial charge in [0.25, 0.3) is 0 Å². The standard InChI is InChI=1S/C30H24F2Si2/c31-33(25-13-5-1-6-14-25,26-15-7-2-8-16-26)29-21-23-30(24-22-29)34(32,27-17-9-3-10-18-27)28-19-11-4-12-20-28/h1-24H. The maximum atomic E-state index is 17.1. The Morgan fingerprint density at radius 2 is 0.441 bits per heavy atom. The molecule has 34 heavy (non-hydrogen) atoms. The molecule has 0 saturated heterocycles. The van der Waals surface area contributed by atoms with Crippen LogP contribution >= 0.6 is 0 Å². The van der Waals surface area contributed by atoms with Crippen LogP contribution in [0, 0.1) is 0 Å². The van der Waals surface area contributed by atoms with Gasteiger partial charge >= 0.3 is 16.8 Å². The SMILES string of the molecule is F[Si](c1ccccc1)(c1ccccc1)c1ccc([Si](F)(c2ccccc2)c2ccccc2)cc1. The number of halogens is 2. The summed E-state index contributed by atoms with van der Waals surface area (Å²) in [6, 6.07) is 44.6. The molecular weight excluding hydrogens is 454 g/mol. The molecule has 0 bridgehead atoms. The van der Waals surface area contributed by atoms with E-state index in [-0.39, 0.29) is 0 Å². The van der Waals surface area contributed by atoms with Crippen molar-refractivity contribution < 1.29 is 8.22 Å². The molecule has 0 aliphatic rings. The van der Waals surface area contributed by atoms with E-state index in [9.17, 15) is 0 Å². The highest BCUT2D eigenvalue weighted by atomic mass is 28.4. The van der Waals surface area contributed by atoms with Crippen molar-refractivity contribution in [2.24, 2.45) is 0 Å². The Kier molecular flexibility index (Phi) is 6.09. The number of hydrogen-bond donors (Lipinski definition) is 0. The number of rotatable bonds is 6. The Hall–Kier alpha value is -3.61. The maximum absolute atomic E-state index is 17.1. The highest BCUT2D eigenvalue weighted by Crippen LogP contribution is 2.12. The molecule has 0 aromatic heterocycles. The molecule has 166 valence electrons. The lowest BCUT2D eigenvalue weighted by Gasteiger charge is -2.27. The molecule has 4 heteroatoms. The van der Waals surface area contributed by atoms with Crippen LogP contribution in [0.2, 0.25) is 0 Å². The Morgan fingerprint density at radius 1 is 0.265 bits per heavy atom. The van der Waals surface area contributed by atoms with Crippen molar-refractivity contribution >= 4 is 47.9 Å². The van der Waals surface area contributed by atoms with E-state index >= 15 is 8.22 Å².